The SMILES string of the molecule is CC1CN2CCCCC2CN1c1cc(Br)cc(C#N)c1. The molecule has 0 N–H and O–H groups in total. The molecule has 0 aliphatic carbocycles. The highest BCUT2D eigenvalue weighted by molar-refractivity contribution is 9.10. The van der Waals surface area contributed by atoms with Gasteiger partial charge < -0.3 is 4.90 Å². The number of piperidine rings is 1. The molecular formula is C16H20BrN3. The van der Waals surface area contributed by atoms with Gasteiger partial charge in [-0.05, 0) is 44.5 Å². The minimum Gasteiger partial charge on any atom is -0.366 e. The summed E-state index contributed by atoms with van der Waals surface area (Å²) in [6, 6.07) is 9.47. The van der Waals surface area contributed by atoms with Gasteiger partial charge in [0.05, 0.1) is 11.6 Å². The second-order valence-corrected chi connectivity index (χ2v) is 6.87. The Balaban J connectivity index is 1.86. The van der Waals surface area contributed by atoms with E-state index < -0.39 is 0 Å². The second kappa shape index (κ2) is 5.75. The Morgan fingerprint density at radius 3 is 2.90 bits per heavy atom. The van der Waals surface area contributed by atoms with Crippen LogP contribution in [0.3, 0.4) is 0 Å². The molecule has 3 nitrogen and oxygen atoms in total. The molecule has 20 heavy (non-hydrogen) atoms. The van der Waals surface area contributed by atoms with Crippen molar-refractivity contribution in [1.82, 2.24) is 4.90 Å². The molecule has 0 radical (unpaired) electrons. The van der Waals surface area contributed by atoms with Crippen LogP contribution in [0.25, 0.3) is 0 Å². The molecule has 0 amide bonds. The predicted molar refractivity (Wildman–Crippen MR) is 84.9 cm³/mol. The lowest BCUT2D eigenvalue weighted by Gasteiger charge is -2.48. The molecule has 2 fully saturated rings. The number of hydrogen-bond donors (Lipinski definition) is 0. The van der Waals surface area contributed by atoms with Gasteiger partial charge in [-0.25, -0.2) is 0 Å². The van der Waals surface area contributed by atoms with Crippen molar-refractivity contribution in [3.63, 3.8) is 0 Å². The summed E-state index contributed by atoms with van der Waals surface area (Å²) in [6.45, 7) is 5.77. The molecule has 0 saturated carbocycles. The van der Waals surface area contributed by atoms with Crippen molar-refractivity contribution in [2.24, 2.45) is 0 Å². The van der Waals surface area contributed by atoms with Crippen molar-refractivity contribution in [3.05, 3.63) is 28.2 Å². The minimum absolute atomic E-state index is 0.505. The summed E-state index contributed by atoms with van der Waals surface area (Å²) < 4.78 is 0.991. The maximum absolute atomic E-state index is 9.14. The maximum atomic E-state index is 9.14. The summed E-state index contributed by atoms with van der Waals surface area (Å²) in [7, 11) is 0. The zero-order valence-corrected chi connectivity index (χ0v) is 13.4. The van der Waals surface area contributed by atoms with E-state index in [9.17, 15) is 0 Å². The Hall–Kier alpha value is -1.05. The molecule has 1 aromatic carbocycles. The topological polar surface area (TPSA) is 30.3 Å². The van der Waals surface area contributed by atoms with Crippen LogP contribution in [0.4, 0.5) is 5.69 Å². The van der Waals surface area contributed by atoms with Gasteiger partial charge in [0.2, 0.25) is 0 Å². The molecule has 2 atom stereocenters. The molecule has 0 aromatic heterocycles. The fourth-order valence-electron chi connectivity index (χ4n) is 3.52. The van der Waals surface area contributed by atoms with Crippen LogP contribution in [0, 0.1) is 11.3 Å². The standard InChI is InChI=1S/C16H20BrN3/c1-12-10-19-5-3-2-4-15(19)11-20(12)16-7-13(9-18)6-14(17)8-16/h6-8,12,15H,2-5,10-11H2,1H3. The summed E-state index contributed by atoms with van der Waals surface area (Å²) in [4.78, 5) is 5.12. The number of hydrogen-bond acceptors (Lipinski definition) is 3. The molecule has 1 aromatic rings. The lowest BCUT2D eigenvalue weighted by molar-refractivity contribution is 0.115. The second-order valence-electron chi connectivity index (χ2n) is 5.96. The Morgan fingerprint density at radius 1 is 1.25 bits per heavy atom. The first kappa shape index (κ1) is 13.9. The summed E-state index contributed by atoms with van der Waals surface area (Å²) in [5.41, 5.74) is 1.90. The van der Waals surface area contributed by atoms with Gasteiger partial charge in [-0.15, -0.1) is 0 Å². The molecule has 2 aliphatic heterocycles. The Morgan fingerprint density at radius 2 is 2.10 bits per heavy atom. The summed E-state index contributed by atoms with van der Waals surface area (Å²) in [6.07, 6.45) is 4.01. The predicted octanol–water partition coefficient (Wildman–Crippen LogP) is 3.38. The van der Waals surface area contributed by atoms with Crippen LogP contribution in [-0.4, -0.2) is 36.6 Å². The lowest BCUT2D eigenvalue weighted by atomic mass is 9.96. The molecular weight excluding hydrogens is 314 g/mol. The fraction of sp³-hybridized carbons (Fsp3) is 0.562. The van der Waals surface area contributed by atoms with E-state index in [4.69, 9.17) is 5.26 Å². The highest BCUT2D eigenvalue weighted by Gasteiger charge is 2.33. The number of nitrogens with zero attached hydrogens (tertiary/aromatic N) is 3. The number of rotatable bonds is 1. The third-order valence-corrected chi connectivity index (χ3v) is 4.99. The van der Waals surface area contributed by atoms with Gasteiger partial charge in [-0.2, -0.15) is 5.26 Å². The van der Waals surface area contributed by atoms with Crippen LogP contribution in [0.5, 0.6) is 0 Å². The average Bonchev–Trinajstić information content (AvgIpc) is 2.45. The summed E-state index contributed by atoms with van der Waals surface area (Å²) in [5.74, 6) is 0. The van der Waals surface area contributed by atoms with Crippen molar-refractivity contribution in [2.75, 3.05) is 24.5 Å². The molecule has 2 heterocycles. The highest BCUT2D eigenvalue weighted by Crippen LogP contribution is 2.30. The molecule has 2 aliphatic rings. The normalized spacial score (nSPS) is 26.9. The first-order chi connectivity index (χ1) is 9.67. The Labute approximate surface area is 129 Å². The molecule has 2 saturated heterocycles. The van der Waals surface area contributed by atoms with Crippen LogP contribution in [-0.2, 0) is 0 Å². The highest BCUT2D eigenvalue weighted by atomic mass is 79.9. The van der Waals surface area contributed by atoms with Gasteiger partial charge in [0.25, 0.3) is 0 Å². The zero-order valence-electron chi connectivity index (χ0n) is 11.8. The third-order valence-electron chi connectivity index (χ3n) is 4.53. The van der Waals surface area contributed by atoms with E-state index in [1.54, 1.807) is 0 Å². The number of anilines is 1. The van der Waals surface area contributed by atoms with E-state index in [-0.39, 0.29) is 0 Å². The fourth-order valence-corrected chi connectivity index (χ4v) is 4.00. The number of benzene rings is 1. The molecule has 106 valence electrons. The lowest BCUT2D eigenvalue weighted by Crippen LogP contribution is -2.58. The van der Waals surface area contributed by atoms with E-state index in [2.05, 4.69) is 44.8 Å². The molecule has 4 heteroatoms. The van der Waals surface area contributed by atoms with Gasteiger partial charge in [-0.3, -0.25) is 4.90 Å². The van der Waals surface area contributed by atoms with Gasteiger partial charge in [-0.1, -0.05) is 22.4 Å². The van der Waals surface area contributed by atoms with Crippen molar-refractivity contribution in [3.8, 4) is 6.07 Å². The van der Waals surface area contributed by atoms with E-state index in [0.717, 1.165) is 23.1 Å². The Bertz CT molecular complexity index is 537. The minimum atomic E-state index is 0.505. The molecule has 0 spiro atoms. The van der Waals surface area contributed by atoms with Gasteiger partial charge in [0.1, 0.15) is 0 Å². The van der Waals surface area contributed by atoms with Crippen LogP contribution < -0.4 is 4.90 Å². The van der Waals surface area contributed by atoms with Crippen LogP contribution in [0.1, 0.15) is 31.7 Å². The Kier molecular flexibility index (Phi) is 4.00. The van der Waals surface area contributed by atoms with Crippen molar-refractivity contribution in [1.29, 1.82) is 5.26 Å². The molecule has 3 rings (SSSR count). The van der Waals surface area contributed by atoms with Crippen LogP contribution in [0.2, 0.25) is 0 Å². The summed E-state index contributed by atoms with van der Waals surface area (Å²) in [5, 5.41) is 9.14. The smallest absolute Gasteiger partial charge is 0.0992 e. The van der Waals surface area contributed by atoms with Gasteiger partial charge in [0.15, 0.2) is 0 Å². The number of nitriles is 1. The number of fused-ring (bicyclic) bond motifs is 1. The van der Waals surface area contributed by atoms with E-state index >= 15 is 0 Å². The van der Waals surface area contributed by atoms with Crippen LogP contribution in [0.15, 0.2) is 22.7 Å². The van der Waals surface area contributed by atoms with Gasteiger partial charge in [0, 0.05) is 35.3 Å². The molecule has 0 bridgehead atoms. The number of halogens is 1. The quantitative estimate of drug-likeness (QED) is 0.789. The third kappa shape index (κ3) is 2.70. The van der Waals surface area contributed by atoms with E-state index in [0.29, 0.717) is 12.1 Å². The van der Waals surface area contributed by atoms with Gasteiger partial charge >= 0.3 is 0 Å². The zero-order chi connectivity index (χ0) is 14.1. The largest absolute Gasteiger partial charge is 0.366 e. The average molecular weight is 334 g/mol. The van der Waals surface area contributed by atoms with Crippen molar-refractivity contribution in [2.45, 2.75) is 38.3 Å². The van der Waals surface area contributed by atoms with Crippen LogP contribution >= 0.6 is 15.9 Å². The summed E-state index contributed by atoms with van der Waals surface area (Å²) >= 11 is 3.52. The van der Waals surface area contributed by atoms with Crippen molar-refractivity contribution < 1.29 is 0 Å². The maximum Gasteiger partial charge on any atom is 0.0992 e. The monoisotopic (exact) mass is 333 g/mol. The first-order valence-corrected chi connectivity index (χ1v) is 8.18. The van der Waals surface area contributed by atoms with E-state index in [1.807, 2.05) is 12.1 Å². The molecule has 2 unspecified atom stereocenters. The van der Waals surface area contributed by atoms with Crippen molar-refractivity contribution >= 4 is 21.6 Å². The van der Waals surface area contributed by atoms with E-state index in [1.165, 1.54) is 31.5 Å². The first-order valence-electron chi connectivity index (χ1n) is 7.39. The number of piperazine rings is 1.